The fourth-order valence-corrected chi connectivity index (χ4v) is 1.91. The summed E-state index contributed by atoms with van der Waals surface area (Å²) in [4.78, 5) is 11.9. The molecule has 0 radical (unpaired) electrons. The van der Waals surface area contributed by atoms with Gasteiger partial charge in [-0.3, -0.25) is 0 Å². The van der Waals surface area contributed by atoms with Crippen LogP contribution in [0.1, 0.15) is 12.5 Å². The minimum atomic E-state index is -4.46. The van der Waals surface area contributed by atoms with Gasteiger partial charge in [0, 0.05) is 5.69 Å². The van der Waals surface area contributed by atoms with E-state index in [2.05, 4.69) is 10.6 Å². The molecular formula is C16H15F3N2O2. The Bertz CT molecular complexity index is 687. The maximum atomic E-state index is 12.6. The van der Waals surface area contributed by atoms with Crippen molar-refractivity contribution < 1.29 is 22.7 Å². The molecule has 0 fully saturated rings. The summed E-state index contributed by atoms with van der Waals surface area (Å²) in [5.41, 5.74) is -0.352. The zero-order chi connectivity index (χ0) is 16.9. The molecule has 2 amide bonds. The summed E-state index contributed by atoms with van der Waals surface area (Å²) >= 11 is 0. The fourth-order valence-electron chi connectivity index (χ4n) is 1.91. The normalized spacial score (nSPS) is 11.0. The first-order valence-corrected chi connectivity index (χ1v) is 6.87. The number of carbonyl (C=O) groups is 1. The molecular weight excluding hydrogens is 309 g/mol. The lowest BCUT2D eigenvalue weighted by molar-refractivity contribution is -0.137. The van der Waals surface area contributed by atoms with Gasteiger partial charge in [-0.25, -0.2) is 4.79 Å². The molecule has 0 atom stereocenters. The highest BCUT2D eigenvalue weighted by molar-refractivity contribution is 6.00. The Morgan fingerprint density at radius 3 is 2.52 bits per heavy atom. The number of hydrogen-bond donors (Lipinski definition) is 2. The zero-order valence-electron chi connectivity index (χ0n) is 12.3. The fraction of sp³-hybridized carbons (Fsp3) is 0.188. The zero-order valence-corrected chi connectivity index (χ0v) is 12.3. The summed E-state index contributed by atoms with van der Waals surface area (Å²) in [6.45, 7) is 2.23. The molecule has 2 aromatic rings. The van der Waals surface area contributed by atoms with Gasteiger partial charge in [0.05, 0.1) is 17.9 Å². The third-order valence-corrected chi connectivity index (χ3v) is 2.88. The van der Waals surface area contributed by atoms with Crippen LogP contribution in [-0.2, 0) is 6.18 Å². The maximum absolute atomic E-state index is 12.6. The van der Waals surface area contributed by atoms with Gasteiger partial charge >= 0.3 is 12.2 Å². The number of ether oxygens (including phenoxy) is 1. The highest BCUT2D eigenvalue weighted by Crippen LogP contribution is 2.30. The van der Waals surface area contributed by atoms with E-state index < -0.39 is 17.8 Å². The molecule has 122 valence electrons. The summed E-state index contributed by atoms with van der Waals surface area (Å²) in [5.74, 6) is 0.481. The van der Waals surface area contributed by atoms with Crippen molar-refractivity contribution in [3.63, 3.8) is 0 Å². The first-order valence-electron chi connectivity index (χ1n) is 6.87. The molecule has 0 bridgehead atoms. The van der Waals surface area contributed by atoms with Gasteiger partial charge in [0.25, 0.3) is 0 Å². The van der Waals surface area contributed by atoms with E-state index in [-0.39, 0.29) is 5.69 Å². The molecule has 0 unspecified atom stereocenters. The van der Waals surface area contributed by atoms with Crippen molar-refractivity contribution in [1.29, 1.82) is 0 Å². The highest BCUT2D eigenvalue weighted by Gasteiger charge is 2.30. The van der Waals surface area contributed by atoms with Crippen LogP contribution < -0.4 is 15.4 Å². The molecule has 0 aliphatic carbocycles. The van der Waals surface area contributed by atoms with Crippen molar-refractivity contribution in [2.24, 2.45) is 0 Å². The number of hydrogen-bond acceptors (Lipinski definition) is 2. The summed E-state index contributed by atoms with van der Waals surface area (Å²) in [7, 11) is 0. The minimum absolute atomic E-state index is 0.0474. The van der Waals surface area contributed by atoms with Gasteiger partial charge in [0.1, 0.15) is 5.75 Å². The third-order valence-electron chi connectivity index (χ3n) is 2.88. The Balaban J connectivity index is 2.09. The first kappa shape index (κ1) is 16.7. The average Bonchev–Trinajstić information content (AvgIpc) is 2.49. The van der Waals surface area contributed by atoms with E-state index >= 15 is 0 Å². The van der Waals surface area contributed by atoms with Gasteiger partial charge in [-0.05, 0) is 37.3 Å². The number of carbonyl (C=O) groups excluding carboxylic acids is 1. The summed E-state index contributed by atoms with van der Waals surface area (Å²) in [6, 6.07) is 10.5. The summed E-state index contributed by atoms with van der Waals surface area (Å²) in [6.07, 6.45) is -4.46. The van der Waals surface area contributed by atoms with Crippen molar-refractivity contribution in [3.8, 4) is 5.75 Å². The van der Waals surface area contributed by atoms with Gasteiger partial charge in [-0.2, -0.15) is 13.2 Å². The molecule has 0 aromatic heterocycles. The molecule has 7 heteroatoms. The largest absolute Gasteiger partial charge is 0.492 e. The molecule has 0 saturated carbocycles. The van der Waals surface area contributed by atoms with Gasteiger partial charge in [-0.15, -0.1) is 0 Å². The van der Waals surface area contributed by atoms with E-state index in [9.17, 15) is 18.0 Å². The second-order valence-corrected chi connectivity index (χ2v) is 4.59. The number of alkyl halides is 3. The molecule has 23 heavy (non-hydrogen) atoms. The topological polar surface area (TPSA) is 50.4 Å². The van der Waals surface area contributed by atoms with Gasteiger partial charge in [0.15, 0.2) is 0 Å². The maximum Gasteiger partial charge on any atom is 0.416 e. The Hall–Kier alpha value is -2.70. The molecule has 0 aliphatic heterocycles. The molecule has 2 aromatic carbocycles. The van der Waals surface area contributed by atoms with Crippen LogP contribution in [0.4, 0.5) is 29.3 Å². The Kier molecular flexibility index (Phi) is 5.10. The van der Waals surface area contributed by atoms with Crippen LogP contribution in [0, 0.1) is 0 Å². The second kappa shape index (κ2) is 7.04. The highest BCUT2D eigenvalue weighted by atomic mass is 19.4. The number of anilines is 2. The van der Waals surface area contributed by atoms with Crippen molar-refractivity contribution in [2.75, 3.05) is 17.2 Å². The van der Waals surface area contributed by atoms with Gasteiger partial charge in [-0.1, -0.05) is 18.2 Å². The Labute approximate surface area is 131 Å². The molecule has 2 rings (SSSR count). The van der Waals surface area contributed by atoms with E-state index in [4.69, 9.17) is 4.74 Å². The standard InChI is InChI=1S/C16H15F3N2O2/c1-2-23-14-9-4-3-8-13(14)21-15(22)20-12-7-5-6-11(10-12)16(17,18)19/h3-10H,2H2,1H3,(H2,20,21,22). The smallest absolute Gasteiger partial charge is 0.416 e. The van der Waals surface area contributed by atoms with E-state index in [1.807, 2.05) is 0 Å². The Morgan fingerprint density at radius 2 is 1.83 bits per heavy atom. The molecule has 4 nitrogen and oxygen atoms in total. The predicted octanol–water partition coefficient (Wildman–Crippen LogP) is 4.75. The molecule has 2 N–H and O–H groups in total. The van der Waals surface area contributed by atoms with Crippen LogP contribution in [0.5, 0.6) is 5.75 Å². The number of halogens is 3. The van der Waals surface area contributed by atoms with Crippen LogP contribution in [0.3, 0.4) is 0 Å². The Morgan fingerprint density at radius 1 is 1.09 bits per heavy atom. The monoisotopic (exact) mass is 324 g/mol. The van der Waals surface area contributed by atoms with Crippen LogP contribution >= 0.6 is 0 Å². The van der Waals surface area contributed by atoms with Gasteiger partial charge in [0.2, 0.25) is 0 Å². The molecule has 0 heterocycles. The van der Waals surface area contributed by atoms with Crippen molar-refractivity contribution in [3.05, 3.63) is 54.1 Å². The van der Waals surface area contributed by atoms with Crippen molar-refractivity contribution >= 4 is 17.4 Å². The van der Waals surface area contributed by atoms with Crippen LogP contribution in [0.15, 0.2) is 48.5 Å². The number of para-hydroxylation sites is 2. The SMILES string of the molecule is CCOc1ccccc1NC(=O)Nc1cccc(C(F)(F)F)c1. The minimum Gasteiger partial charge on any atom is -0.492 e. The number of urea groups is 1. The molecule has 0 spiro atoms. The lowest BCUT2D eigenvalue weighted by atomic mass is 10.2. The molecule has 0 saturated heterocycles. The number of nitrogens with one attached hydrogen (secondary N) is 2. The van der Waals surface area contributed by atoms with Crippen LogP contribution in [0.25, 0.3) is 0 Å². The van der Waals surface area contributed by atoms with Crippen molar-refractivity contribution in [2.45, 2.75) is 13.1 Å². The van der Waals surface area contributed by atoms with Crippen LogP contribution in [-0.4, -0.2) is 12.6 Å². The quantitative estimate of drug-likeness (QED) is 0.853. The number of amides is 2. The van der Waals surface area contributed by atoms with Crippen molar-refractivity contribution in [1.82, 2.24) is 0 Å². The second-order valence-electron chi connectivity index (χ2n) is 4.59. The lowest BCUT2D eigenvalue weighted by Gasteiger charge is -2.13. The average molecular weight is 324 g/mol. The number of rotatable bonds is 4. The van der Waals surface area contributed by atoms with Gasteiger partial charge < -0.3 is 15.4 Å². The summed E-state index contributed by atoms with van der Waals surface area (Å²) in [5, 5.41) is 4.91. The lowest BCUT2D eigenvalue weighted by Crippen LogP contribution is -2.20. The number of benzene rings is 2. The van der Waals surface area contributed by atoms with E-state index in [0.29, 0.717) is 18.0 Å². The van der Waals surface area contributed by atoms with Crippen LogP contribution in [0.2, 0.25) is 0 Å². The third kappa shape index (κ3) is 4.64. The van der Waals surface area contributed by atoms with E-state index in [1.165, 1.54) is 12.1 Å². The predicted molar refractivity (Wildman–Crippen MR) is 81.7 cm³/mol. The summed E-state index contributed by atoms with van der Waals surface area (Å²) < 4.78 is 43.3. The van der Waals surface area contributed by atoms with E-state index in [0.717, 1.165) is 12.1 Å². The van der Waals surface area contributed by atoms with E-state index in [1.54, 1.807) is 31.2 Å². The first-order chi connectivity index (χ1) is 10.9. The molecule has 0 aliphatic rings.